The Hall–Kier alpha value is -2.86. The van der Waals surface area contributed by atoms with Gasteiger partial charge in [0.15, 0.2) is 6.10 Å². The van der Waals surface area contributed by atoms with E-state index in [-0.39, 0.29) is 12.5 Å². The standard InChI is InChI=1S/C21H24N2O4/c1-14-10-15(2)12-17(11-14)23-9-8-22(13-19(23)24)21(26)20(25)16-4-6-18(27-3)7-5-16/h4-7,10-12,20,25H,8-9,13H2,1-3H3/t20-/m0/s1. The minimum Gasteiger partial charge on any atom is -0.497 e. The summed E-state index contributed by atoms with van der Waals surface area (Å²) >= 11 is 0. The lowest BCUT2D eigenvalue weighted by atomic mass is 10.1. The minimum absolute atomic E-state index is 0.0426. The zero-order valence-electron chi connectivity index (χ0n) is 15.8. The number of rotatable bonds is 4. The van der Waals surface area contributed by atoms with Crippen molar-refractivity contribution < 1.29 is 19.4 Å². The monoisotopic (exact) mass is 368 g/mol. The van der Waals surface area contributed by atoms with Crippen LogP contribution in [0, 0.1) is 13.8 Å². The molecular formula is C21H24N2O4. The van der Waals surface area contributed by atoms with Crippen LogP contribution in [0.5, 0.6) is 5.75 Å². The normalized spacial score (nSPS) is 15.6. The van der Waals surface area contributed by atoms with E-state index in [1.54, 1.807) is 36.3 Å². The van der Waals surface area contributed by atoms with Crippen molar-refractivity contribution in [2.75, 3.05) is 31.6 Å². The molecule has 2 amide bonds. The Morgan fingerprint density at radius 2 is 1.70 bits per heavy atom. The van der Waals surface area contributed by atoms with Gasteiger partial charge in [-0.1, -0.05) is 18.2 Å². The first kappa shape index (κ1) is 18.9. The maximum Gasteiger partial charge on any atom is 0.256 e. The summed E-state index contributed by atoms with van der Waals surface area (Å²) in [4.78, 5) is 28.3. The number of hydrogen-bond acceptors (Lipinski definition) is 4. The van der Waals surface area contributed by atoms with E-state index in [1.165, 1.54) is 4.90 Å². The number of piperazine rings is 1. The van der Waals surface area contributed by atoms with E-state index in [0.717, 1.165) is 16.8 Å². The molecule has 0 saturated carbocycles. The molecule has 6 heteroatoms. The molecule has 1 atom stereocenters. The van der Waals surface area contributed by atoms with Crippen molar-refractivity contribution in [2.45, 2.75) is 20.0 Å². The lowest BCUT2D eigenvalue weighted by Crippen LogP contribution is -2.53. The third-order valence-corrected chi connectivity index (χ3v) is 4.72. The van der Waals surface area contributed by atoms with Crippen molar-refractivity contribution in [3.05, 3.63) is 59.2 Å². The Bertz CT molecular complexity index is 828. The van der Waals surface area contributed by atoms with Gasteiger partial charge in [-0.05, 0) is 54.8 Å². The number of anilines is 1. The first-order chi connectivity index (χ1) is 12.9. The lowest BCUT2D eigenvalue weighted by Gasteiger charge is -2.35. The molecule has 2 aromatic rings. The van der Waals surface area contributed by atoms with E-state index >= 15 is 0 Å². The number of aryl methyl sites for hydroxylation is 2. The van der Waals surface area contributed by atoms with Gasteiger partial charge in [-0.15, -0.1) is 0 Å². The van der Waals surface area contributed by atoms with Crippen LogP contribution in [0.2, 0.25) is 0 Å². The van der Waals surface area contributed by atoms with Crippen LogP contribution < -0.4 is 9.64 Å². The van der Waals surface area contributed by atoms with Crippen LogP contribution in [0.3, 0.4) is 0 Å². The molecule has 2 aromatic carbocycles. The van der Waals surface area contributed by atoms with Crippen molar-refractivity contribution in [3.8, 4) is 5.75 Å². The number of carbonyl (C=O) groups excluding carboxylic acids is 2. The minimum atomic E-state index is -1.29. The molecule has 1 fully saturated rings. The number of nitrogens with zero attached hydrogens (tertiary/aromatic N) is 2. The highest BCUT2D eigenvalue weighted by molar-refractivity contribution is 5.98. The SMILES string of the molecule is COc1ccc([C@H](O)C(=O)N2CCN(c3cc(C)cc(C)c3)C(=O)C2)cc1. The van der Waals surface area contributed by atoms with Crippen molar-refractivity contribution >= 4 is 17.5 Å². The Kier molecular flexibility index (Phi) is 5.46. The molecule has 3 rings (SSSR count). The summed E-state index contributed by atoms with van der Waals surface area (Å²) in [5, 5.41) is 10.4. The van der Waals surface area contributed by atoms with Crippen LogP contribution in [0.15, 0.2) is 42.5 Å². The van der Waals surface area contributed by atoms with Crippen molar-refractivity contribution in [2.24, 2.45) is 0 Å². The third-order valence-electron chi connectivity index (χ3n) is 4.72. The average molecular weight is 368 g/mol. The number of amides is 2. The van der Waals surface area contributed by atoms with Crippen molar-refractivity contribution in [1.29, 1.82) is 0 Å². The fourth-order valence-corrected chi connectivity index (χ4v) is 3.34. The fraction of sp³-hybridized carbons (Fsp3) is 0.333. The van der Waals surface area contributed by atoms with Crippen LogP contribution in [0.1, 0.15) is 22.8 Å². The molecule has 0 spiro atoms. The van der Waals surface area contributed by atoms with E-state index in [9.17, 15) is 14.7 Å². The number of carbonyl (C=O) groups is 2. The fourth-order valence-electron chi connectivity index (χ4n) is 3.34. The molecule has 0 bridgehead atoms. The highest BCUT2D eigenvalue weighted by Crippen LogP contribution is 2.23. The van der Waals surface area contributed by atoms with Gasteiger partial charge < -0.3 is 19.6 Å². The van der Waals surface area contributed by atoms with Crippen LogP contribution in [0.4, 0.5) is 5.69 Å². The molecule has 0 unspecified atom stereocenters. The van der Waals surface area contributed by atoms with E-state index in [2.05, 4.69) is 6.07 Å². The molecule has 1 N–H and O–H groups in total. The Morgan fingerprint density at radius 3 is 2.26 bits per heavy atom. The smallest absolute Gasteiger partial charge is 0.256 e. The first-order valence-electron chi connectivity index (χ1n) is 8.88. The average Bonchev–Trinajstić information content (AvgIpc) is 2.66. The predicted molar refractivity (Wildman–Crippen MR) is 103 cm³/mol. The second-order valence-corrected chi connectivity index (χ2v) is 6.83. The number of aliphatic hydroxyl groups is 1. The first-order valence-corrected chi connectivity index (χ1v) is 8.88. The van der Waals surface area contributed by atoms with Gasteiger partial charge in [-0.25, -0.2) is 0 Å². The van der Waals surface area contributed by atoms with Gasteiger partial charge in [0, 0.05) is 18.8 Å². The van der Waals surface area contributed by atoms with Gasteiger partial charge in [-0.3, -0.25) is 9.59 Å². The summed E-state index contributed by atoms with van der Waals surface area (Å²) in [5.41, 5.74) is 3.50. The summed E-state index contributed by atoms with van der Waals surface area (Å²) in [6.07, 6.45) is -1.29. The van der Waals surface area contributed by atoms with E-state index in [0.29, 0.717) is 24.4 Å². The second-order valence-electron chi connectivity index (χ2n) is 6.83. The van der Waals surface area contributed by atoms with E-state index < -0.39 is 12.0 Å². The highest BCUT2D eigenvalue weighted by Gasteiger charge is 2.31. The van der Waals surface area contributed by atoms with Gasteiger partial charge in [0.05, 0.1) is 7.11 Å². The number of hydrogen-bond donors (Lipinski definition) is 1. The number of benzene rings is 2. The molecule has 0 radical (unpaired) electrons. The van der Waals surface area contributed by atoms with Crippen LogP contribution in [-0.4, -0.2) is 48.6 Å². The van der Waals surface area contributed by atoms with Gasteiger partial charge in [0.25, 0.3) is 5.91 Å². The summed E-state index contributed by atoms with van der Waals surface area (Å²) in [6, 6.07) is 12.7. The molecule has 0 aliphatic carbocycles. The molecule has 142 valence electrons. The Morgan fingerprint density at radius 1 is 1.07 bits per heavy atom. The number of methoxy groups -OCH3 is 1. The van der Waals surface area contributed by atoms with Gasteiger partial charge in [0.2, 0.25) is 5.91 Å². The topological polar surface area (TPSA) is 70.1 Å². The lowest BCUT2D eigenvalue weighted by molar-refractivity contribution is -0.144. The summed E-state index contributed by atoms with van der Waals surface area (Å²) < 4.78 is 5.08. The molecule has 1 saturated heterocycles. The quantitative estimate of drug-likeness (QED) is 0.898. The predicted octanol–water partition coefficient (Wildman–Crippen LogP) is 2.22. The molecule has 1 aliphatic rings. The van der Waals surface area contributed by atoms with Gasteiger partial charge >= 0.3 is 0 Å². The van der Waals surface area contributed by atoms with Crippen molar-refractivity contribution in [1.82, 2.24) is 4.90 Å². The van der Waals surface area contributed by atoms with Gasteiger partial charge in [0.1, 0.15) is 12.3 Å². The zero-order valence-corrected chi connectivity index (χ0v) is 15.8. The van der Waals surface area contributed by atoms with Crippen LogP contribution >= 0.6 is 0 Å². The number of aliphatic hydroxyl groups excluding tert-OH is 1. The molecular weight excluding hydrogens is 344 g/mol. The molecule has 0 aromatic heterocycles. The van der Waals surface area contributed by atoms with E-state index in [1.807, 2.05) is 26.0 Å². The molecule has 1 heterocycles. The molecule has 27 heavy (non-hydrogen) atoms. The Balaban J connectivity index is 1.69. The van der Waals surface area contributed by atoms with Crippen LogP contribution in [0.25, 0.3) is 0 Å². The van der Waals surface area contributed by atoms with Gasteiger partial charge in [-0.2, -0.15) is 0 Å². The van der Waals surface area contributed by atoms with Crippen molar-refractivity contribution in [3.63, 3.8) is 0 Å². The summed E-state index contributed by atoms with van der Waals surface area (Å²) in [6.45, 7) is 4.73. The zero-order chi connectivity index (χ0) is 19.6. The second kappa shape index (κ2) is 7.80. The highest BCUT2D eigenvalue weighted by atomic mass is 16.5. The summed E-state index contributed by atoms with van der Waals surface area (Å²) in [5.74, 6) is 0.0331. The Labute approximate surface area is 159 Å². The maximum atomic E-state index is 12.6. The van der Waals surface area contributed by atoms with Crippen LogP contribution in [-0.2, 0) is 9.59 Å². The molecule has 6 nitrogen and oxygen atoms in total. The molecule has 1 aliphatic heterocycles. The summed E-state index contributed by atoms with van der Waals surface area (Å²) in [7, 11) is 1.55. The maximum absolute atomic E-state index is 12.6. The third kappa shape index (κ3) is 4.11. The largest absolute Gasteiger partial charge is 0.497 e. The van der Waals surface area contributed by atoms with E-state index in [4.69, 9.17) is 4.74 Å². The number of ether oxygens (including phenoxy) is 1.